The first-order chi connectivity index (χ1) is 8.24. The Morgan fingerprint density at radius 2 is 2.18 bits per heavy atom. The van der Waals surface area contributed by atoms with E-state index in [2.05, 4.69) is 5.32 Å². The highest BCUT2D eigenvalue weighted by molar-refractivity contribution is 7.99. The fourth-order valence-electron chi connectivity index (χ4n) is 1.98. The summed E-state index contributed by atoms with van der Waals surface area (Å²) < 4.78 is 12.7. The van der Waals surface area contributed by atoms with Crippen LogP contribution in [0.15, 0.2) is 24.3 Å². The van der Waals surface area contributed by atoms with Crippen LogP contribution in [0.5, 0.6) is 0 Å². The van der Waals surface area contributed by atoms with Gasteiger partial charge in [-0.05, 0) is 54.5 Å². The Balaban J connectivity index is 1.82. The van der Waals surface area contributed by atoms with Gasteiger partial charge in [0, 0.05) is 12.1 Å². The molecule has 0 spiro atoms. The van der Waals surface area contributed by atoms with Gasteiger partial charge in [-0.15, -0.1) is 0 Å². The van der Waals surface area contributed by atoms with Crippen molar-refractivity contribution in [3.63, 3.8) is 0 Å². The third kappa shape index (κ3) is 4.04. The zero-order chi connectivity index (χ0) is 12.1. The third-order valence-corrected chi connectivity index (χ3v) is 4.14. The fourth-order valence-corrected chi connectivity index (χ4v) is 3.13. The van der Waals surface area contributed by atoms with Gasteiger partial charge >= 0.3 is 0 Å². The van der Waals surface area contributed by atoms with Crippen LogP contribution in [0.3, 0.4) is 0 Å². The maximum atomic E-state index is 12.7. The predicted molar refractivity (Wildman–Crippen MR) is 69.7 cm³/mol. The van der Waals surface area contributed by atoms with E-state index in [-0.39, 0.29) is 11.7 Å². The summed E-state index contributed by atoms with van der Waals surface area (Å²) in [5.74, 6) is 2.54. The van der Waals surface area contributed by atoms with Gasteiger partial charge in [-0.1, -0.05) is 0 Å². The zero-order valence-electron chi connectivity index (χ0n) is 9.62. The molecule has 4 heteroatoms. The molecular weight excluding hydrogens is 237 g/mol. The molecule has 2 rings (SSSR count). The molecule has 0 aliphatic carbocycles. The lowest BCUT2D eigenvalue weighted by atomic mass is 10.0. The highest BCUT2D eigenvalue weighted by atomic mass is 32.2. The van der Waals surface area contributed by atoms with E-state index in [9.17, 15) is 9.18 Å². The van der Waals surface area contributed by atoms with Gasteiger partial charge in [0.15, 0.2) is 0 Å². The molecule has 1 saturated heterocycles. The summed E-state index contributed by atoms with van der Waals surface area (Å²) in [7, 11) is 0. The molecule has 1 aromatic rings. The third-order valence-electron chi connectivity index (χ3n) is 2.86. The van der Waals surface area contributed by atoms with Crippen LogP contribution in [0.25, 0.3) is 0 Å². The van der Waals surface area contributed by atoms with Gasteiger partial charge in [0.25, 0.3) is 0 Å². The van der Waals surface area contributed by atoms with Crippen LogP contribution >= 0.6 is 11.8 Å². The summed E-state index contributed by atoms with van der Waals surface area (Å²) in [6, 6.07) is 5.88. The largest absolute Gasteiger partial charge is 0.326 e. The van der Waals surface area contributed by atoms with Gasteiger partial charge < -0.3 is 5.32 Å². The number of anilines is 1. The molecular formula is C13H16FNOS. The first-order valence-electron chi connectivity index (χ1n) is 5.87. The number of halogens is 1. The van der Waals surface area contributed by atoms with Crippen molar-refractivity contribution in [2.45, 2.75) is 19.3 Å². The summed E-state index contributed by atoms with van der Waals surface area (Å²) in [5, 5.41) is 2.80. The van der Waals surface area contributed by atoms with E-state index >= 15 is 0 Å². The molecule has 92 valence electrons. The number of carbonyl (C=O) groups excluding carboxylic acids is 1. The highest BCUT2D eigenvalue weighted by Gasteiger charge is 2.17. The number of hydrogen-bond donors (Lipinski definition) is 1. The molecule has 2 nitrogen and oxygen atoms in total. The normalized spacial score (nSPS) is 19.9. The van der Waals surface area contributed by atoms with Gasteiger partial charge in [-0.3, -0.25) is 4.79 Å². The molecule has 1 aromatic carbocycles. The van der Waals surface area contributed by atoms with Crippen LogP contribution in [-0.4, -0.2) is 17.4 Å². The average molecular weight is 253 g/mol. The summed E-state index contributed by atoms with van der Waals surface area (Å²) in [5.41, 5.74) is 0.667. The van der Waals surface area contributed by atoms with Crippen LogP contribution in [0.4, 0.5) is 10.1 Å². The highest BCUT2D eigenvalue weighted by Crippen LogP contribution is 2.25. The van der Waals surface area contributed by atoms with E-state index in [1.807, 2.05) is 11.8 Å². The number of carbonyl (C=O) groups is 1. The summed E-state index contributed by atoms with van der Waals surface area (Å²) in [6.07, 6.45) is 2.92. The van der Waals surface area contributed by atoms with Crippen LogP contribution in [0, 0.1) is 11.7 Å². The monoisotopic (exact) mass is 253 g/mol. The minimum Gasteiger partial charge on any atom is -0.326 e. The van der Waals surface area contributed by atoms with E-state index in [1.54, 1.807) is 12.1 Å². The van der Waals surface area contributed by atoms with Gasteiger partial charge in [0.1, 0.15) is 5.82 Å². The number of benzene rings is 1. The summed E-state index contributed by atoms with van der Waals surface area (Å²) in [6.45, 7) is 0. The Morgan fingerprint density at radius 3 is 2.82 bits per heavy atom. The number of hydrogen-bond acceptors (Lipinski definition) is 2. The van der Waals surface area contributed by atoms with Crippen molar-refractivity contribution < 1.29 is 9.18 Å². The minimum absolute atomic E-state index is 0.0316. The standard InChI is InChI=1S/C13H16FNOS/c14-11-3-5-12(6-4-11)15-13(16)8-10-2-1-7-17-9-10/h3-6,10H,1-2,7-9H2,(H,15,16). The van der Waals surface area contributed by atoms with E-state index < -0.39 is 0 Å². The summed E-state index contributed by atoms with van der Waals surface area (Å²) >= 11 is 1.92. The van der Waals surface area contributed by atoms with Crippen molar-refractivity contribution in [3.8, 4) is 0 Å². The average Bonchev–Trinajstić information content (AvgIpc) is 2.33. The molecule has 0 radical (unpaired) electrons. The second-order valence-electron chi connectivity index (χ2n) is 4.34. The zero-order valence-corrected chi connectivity index (χ0v) is 10.4. The second kappa shape index (κ2) is 6.05. The smallest absolute Gasteiger partial charge is 0.224 e. The number of nitrogens with one attached hydrogen (secondary N) is 1. The first-order valence-corrected chi connectivity index (χ1v) is 7.02. The van der Waals surface area contributed by atoms with E-state index in [1.165, 1.54) is 24.3 Å². The quantitative estimate of drug-likeness (QED) is 0.895. The van der Waals surface area contributed by atoms with E-state index in [0.29, 0.717) is 18.0 Å². The molecule has 1 amide bonds. The predicted octanol–water partition coefficient (Wildman–Crippen LogP) is 3.30. The second-order valence-corrected chi connectivity index (χ2v) is 5.49. The van der Waals surface area contributed by atoms with Crippen molar-refractivity contribution in [3.05, 3.63) is 30.1 Å². The summed E-state index contributed by atoms with van der Waals surface area (Å²) in [4.78, 5) is 11.8. The van der Waals surface area contributed by atoms with E-state index in [0.717, 1.165) is 12.2 Å². The Hall–Kier alpha value is -1.03. The number of thioether (sulfide) groups is 1. The Bertz CT molecular complexity index is 374. The molecule has 1 aliphatic rings. The van der Waals surface area contributed by atoms with Gasteiger partial charge in [0.2, 0.25) is 5.91 Å². The SMILES string of the molecule is O=C(CC1CCCSC1)Nc1ccc(F)cc1. The number of amides is 1. The Morgan fingerprint density at radius 1 is 1.41 bits per heavy atom. The maximum Gasteiger partial charge on any atom is 0.224 e. The molecule has 1 unspecified atom stereocenters. The fraction of sp³-hybridized carbons (Fsp3) is 0.462. The minimum atomic E-state index is -0.285. The molecule has 1 aliphatic heterocycles. The Kier molecular flexibility index (Phi) is 4.42. The Labute approximate surface area is 105 Å². The van der Waals surface area contributed by atoms with E-state index in [4.69, 9.17) is 0 Å². The van der Waals surface area contributed by atoms with Crippen LogP contribution in [-0.2, 0) is 4.79 Å². The van der Waals surface area contributed by atoms with Crippen molar-refractivity contribution >= 4 is 23.4 Å². The molecule has 0 aromatic heterocycles. The van der Waals surface area contributed by atoms with Crippen LogP contribution in [0.1, 0.15) is 19.3 Å². The molecule has 1 atom stereocenters. The number of rotatable bonds is 3. The molecule has 17 heavy (non-hydrogen) atoms. The van der Waals surface area contributed by atoms with Crippen LogP contribution in [0.2, 0.25) is 0 Å². The van der Waals surface area contributed by atoms with Gasteiger partial charge in [-0.25, -0.2) is 4.39 Å². The lowest BCUT2D eigenvalue weighted by Crippen LogP contribution is -2.20. The first kappa shape index (κ1) is 12.4. The van der Waals surface area contributed by atoms with Gasteiger partial charge in [-0.2, -0.15) is 11.8 Å². The molecule has 0 saturated carbocycles. The lowest BCUT2D eigenvalue weighted by molar-refractivity contribution is -0.117. The molecule has 1 heterocycles. The van der Waals surface area contributed by atoms with Crippen LogP contribution < -0.4 is 5.32 Å². The van der Waals surface area contributed by atoms with Gasteiger partial charge in [0.05, 0.1) is 0 Å². The van der Waals surface area contributed by atoms with Crippen molar-refractivity contribution in [2.75, 3.05) is 16.8 Å². The molecule has 0 bridgehead atoms. The van der Waals surface area contributed by atoms with Crippen molar-refractivity contribution in [1.29, 1.82) is 0 Å². The topological polar surface area (TPSA) is 29.1 Å². The molecule has 1 fully saturated rings. The molecule has 1 N–H and O–H groups in total. The maximum absolute atomic E-state index is 12.7. The van der Waals surface area contributed by atoms with Crippen molar-refractivity contribution in [1.82, 2.24) is 0 Å². The lowest BCUT2D eigenvalue weighted by Gasteiger charge is -2.20. The van der Waals surface area contributed by atoms with Crippen molar-refractivity contribution in [2.24, 2.45) is 5.92 Å².